The van der Waals surface area contributed by atoms with Gasteiger partial charge >= 0.3 is 0 Å². The van der Waals surface area contributed by atoms with Crippen LogP contribution in [-0.2, 0) is 6.54 Å². The summed E-state index contributed by atoms with van der Waals surface area (Å²) in [6.45, 7) is 0.434. The first kappa shape index (κ1) is 13.8. The number of rotatable bonds is 5. The maximum Gasteiger partial charge on any atom is 0.252 e. The number of ether oxygens (including phenoxy) is 1. The van der Waals surface area contributed by atoms with Gasteiger partial charge in [0, 0.05) is 18.3 Å². The summed E-state index contributed by atoms with van der Waals surface area (Å²) in [5.41, 5.74) is 13.0. The normalized spacial score (nSPS) is 10.1. The zero-order valence-corrected chi connectivity index (χ0v) is 11.1. The van der Waals surface area contributed by atoms with E-state index in [1.165, 1.54) is 7.11 Å². The van der Waals surface area contributed by atoms with Crippen LogP contribution in [0, 0.1) is 0 Å². The van der Waals surface area contributed by atoms with Crippen LogP contribution in [-0.4, -0.2) is 18.0 Å². The molecular formula is C14H16N4O2. The summed E-state index contributed by atoms with van der Waals surface area (Å²) < 4.78 is 5.05. The Morgan fingerprint density at radius 2 is 2.15 bits per heavy atom. The Balaban J connectivity index is 2.37. The highest BCUT2D eigenvalue weighted by Crippen LogP contribution is 2.22. The van der Waals surface area contributed by atoms with Crippen molar-refractivity contribution in [3.05, 3.63) is 47.5 Å². The summed E-state index contributed by atoms with van der Waals surface area (Å²) in [5.74, 6) is 0.191. The monoisotopic (exact) mass is 272 g/mol. The third kappa shape index (κ3) is 3.04. The molecule has 0 aliphatic rings. The standard InChI is InChI=1S/C14H16N4O2/c1-20-12-6-5-11(13(16)19)14(18-12)17-10-4-2-3-9(7-10)8-15/h2-7H,8,15H2,1H3,(H2,16,19)(H,17,18). The van der Waals surface area contributed by atoms with Crippen molar-refractivity contribution < 1.29 is 9.53 Å². The first-order valence-electron chi connectivity index (χ1n) is 6.05. The number of pyridine rings is 1. The lowest BCUT2D eigenvalue weighted by Gasteiger charge is -2.11. The van der Waals surface area contributed by atoms with E-state index in [0.717, 1.165) is 11.3 Å². The Morgan fingerprint density at radius 3 is 2.80 bits per heavy atom. The summed E-state index contributed by atoms with van der Waals surface area (Å²) in [4.78, 5) is 15.6. The third-order valence-corrected chi connectivity index (χ3v) is 2.77. The molecular weight excluding hydrogens is 256 g/mol. The van der Waals surface area contributed by atoms with E-state index in [0.29, 0.717) is 23.8 Å². The zero-order valence-electron chi connectivity index (χ0n) is 11.1. The van der Waals surface area contributed by atoms with Crippen molar-refractivity contribution in [2.24, 2.45) is 11.5 Å². The van der Waals surface area contributed by atoms with Gasteiger partial charge in [-0.25, -0.2) is 0 Å². The molecule has 20 heavy (non-hydrogen) atoms. The molecule has 6 nitrogen and oxygen atoms in total. The largest absolute Gasteiger partial charge is 0.481 e. The van der Waals surface area contributed by atoms with E-state index in [4.69, 9.17) is 16.2 Å². The molecule has 0 aliphatic heterocycles. The molecule has 0 aliphatic carbocycles. The molecule has 2 aromatic rings. The quantitative estimate of drug-likeness (QED) is 0.763. The number of hydrogen-bond donors (Lipinski definition) is 3. The number of carbonyl (C=O) groups is 1. The number of nitrogens with one attached hydrogen (secondary N) is 1. The van der Waals surface area contributed by atoms with Gasteiger partial charge in [-0.3, -0.25) is 4.79 Å². The van der Waals surface area contributed by atoms with Gasteiger partial charge in [0.05, 0.1) is 12.7 Å². The first-order chi connectivity index (χ1) is 9.63. The van der Waals surface area contributed by atoms with E-state index < -0.39 is 5.91 Å². The number of hydrogen-bond acceptors (Lipinski definition) is 5. The maximum atomic E-state index is 11.4. The van der Waals surface area contributed by atoms with E-state index in [-0.39, 0.29) is 0 Å². The van der Waals surface area contributed by atoms with Crippen LogP contribution in [0.15, 0.2) is 36.4 Å². The first-order valence-corrected chi connectivity index (χ1v) is 6.05. The van der Waals surface area contributed by atoms with Gasteiger partial charge in [-0.2, -0.15) is 4.98 Å². The molecule has 0 unspecified atom stereocenters. The minimum Gasteiger partial charge on any atom is -0.481 e. The topological polar surface area (TPSA) is 103 Å². The summed E-state index contributed by atoms with van der Waals surface area (Å²) >= 11 is 0. The highest BCUT2D eigenvalue weighted by Gasteiger charge is 2.11. The fraction of sp³-hybridized carbons (Fsp3) is 0.143. The lowest BCUT2D eigenvalue weighted by atomic mass is 10.2. The number of primary amides is 1. The minimum absolute atomic E-state index is 0.295. The Kier molecular flexibility index (Phi) is 4.17. The van der Waals surface area contributed by atoms with Crippen molar-refractivity contribution in [2.45, 2.75) is 6.54 Å². The van der Waals surface area contributed by atoms with Gasteiger partial charge in [0.2, 0.25) is 5.88 Å². The number of nitrogens with two attached hydrogens (primary N) is 2. The van der Waals surface area contributed by atoms with Crippen LogP contribution in [0.2, 0.25) is 0 Å². The second kappa shape index (κ2) is 6.03. The van der Waals surface area contributed by atoms with Crippen LogP contribution in [0.3, 0.4) is 0 Å². The molecule has 1 heterocycles. The molecule has 0 radical (unpaired) electrons. The second-order valence-electron chi connectivity index (χ2n) is 4.14. The number of benzene rings is 1. The number of amides is 1. The number of aromatic nitrogens is 1. The summed E-state index contributed by atoms with van der Waals surface area (Å²) in [5, 5.41) is 3.06. The van der Waals surface area contributed by atoms with Gasteiger partial charge < -0.3 is 21.5 Å². The molecule has 6 heteroatoms. The van der Waals surface area contributed by atoms with Crippen molar-refractivity contribution in [3.63, 3.8) is 0 Å². The second-order valence-corrected chi connectivity index (χ2v) is 4.14. The fourth-order valence-corrected chi connectivity index (χ4v) is 1.76. The Morgan fingerprint density at radius 1 is 1.35 bits per heavy atom. The van der Waals surface area contributed by atoms with Gasteiger partial charge in [0.1, 0.15) is 5.82 Å². The highest BCUT2D eigenvalue weighted by molar-refractivity contribution is 5.98. The average Bonchev–Trinajstić information content (AvgIpc) is 2.47. The van der Waals surface area contributed by atoms with Crippen LogP contribution in [0.4, 0.5) is 11.5 Å². The van der Waals surface area contributed by atoms with Crippen LogP contribution in [0.25, 0.3) is 0 Å². The lowest BCUT2D eigenvalue weighted by molar-refractivity contribution is 0.100. The molecule has 104 valence electrons. The van der Waals surface area contributed by atoms with E-state index >= 15 is 0 Å². The van der Waals surface area contributed by atoms with Crippen LogP contribution >= 0.6 is 0 Å². The van der Waals surface area contributed by atoms with Crippen LogP contribution < -0.4 is 21.5 Å². The molecule has 1 aromatic carbocycles. The molecule has 0 atom stereocenters. The van der Waals surface area contributed by atoms with Crippen LogP contribution in [0.1, 0.15) is 15.9 Å². The van der Waals surface area contributed by atoms with Crippen molar-refractivity contribution in [1.82, 2.24) is 4.98 Å². The molecule has 0 spiro atoms. The molecule has 5 N–H and O–H groups in total. The van der Waals surface area contributed by atoms with Gasteiger partial charge in [0.15, 0.2) is 0 Å². The Hall–Kier alpha value is -2.60. The van der Waals surface area contributed by atoms with Crippen molar-refractivity contribution in [2.75, 3.05) is 12.4 Å². The predicted molar refractivity (Wildman–Crippen MR) is 76.9 cm³/mol. The number of anilines is 2. The fourth-order valence-electron chi connectivity index (χ4n) is 1.76. The third-order valence-electron chi connectivity index (χ3n) is 2.77. The Labute approximate surface area is 116 Å². The minimum atomic E-state index is -0.558. The molecule has 0 saturated carbocycles. The lowest BCUT2D eigenvalue weighted by Crippen LogP contribution is -2.14. The SMILES string of the molecule is COc1ccc(C(N)=O)c(Nc2cccc(CN)c2)n1. The van der Waals surface area contributed by atoms with Gasteiger partial charge in [-0.1, -0.05) is 12.1 Å². The molecule has 1 amide bonds. The van der Waals surface area contributed by atoms with Crippen molar-refractivity contribution >= 4 is 17.4 Å². The van der Waals surface area contributed by atoms with Gasteiger partial charge in [-0.05, 0) is 23.8 Å². The van der Waals surface area contributed by atoms with Gasteiger partial charge in [0.25, 0.3) is 5.91 Å². The number of nitrogens with zero attached hydrogens (tertiary/aromatic N) is 1. The zero-order chi connectivity index (χ0) is 14.5. The van der Waals surface area contributed by atoms with Crippen LogP contribution in [0.5, 0.6) is 5.88 Å². The maximum absolute atomic E-state index is 11.4. The van der Waals surface area contributed by atoms with Gasteiger partial charge in [-0.15, -0.1) is 0 Å². The van der Waals surface area contributed by atoms with E-state index in [1.807, 2.05) is 24.3 Å². The molecule has 1 aromatic heterocycles. The van der Waals surface area contributed by atoms with Crippen molar-refractivity contribution in [3.8, 4) is 5.88 Å². The smallest absolute Gasteiger partial charge is 0.252 e. The highest BCUT2D eigenvalue weighted by atomic mass is 16.5. The average molecular weight is 272 g/mol. The van der Waals surface area contributed by atoms with E-state index in [2.05, 4.69) is 10.3 Å². The molecule has 0 saturated heterocycles. The summed E-state index contributed by atoms with van der Waals surface area (Å²) in [6.07, 6.45) is 0. The molecule has 0 bridgehead atoms. The Bertz CT molecular complexity index is 628. The summed E-state index contributed by atoms with van der Waals surface area (Å²) in [7, 11) is 1.51. The summed E-state index contributed by atoms with van der Waals surface area (Å²) in [6, 6.07) is 10.7. The van der Waals surface area contributed by atoms with Crippen molar-refractivity contribution in [1.29, 1.82) is 0 Å². The van der Waals surface area contributed by atoms with E-state index in [9.17, 15) is 4.79 Å². The number of methoxy groups -OCH3 is 1. The molecule has 2 rings (SSSR count). The predicted octanol–water partition coefficient (Wildman–Crippen LogP) is 1.39. The van der Waals surface area contributed by atoms with E-state index in [1.54, 1.807) is 12.1 Å². The number of carbonyl (C=O) groups excluding carboxylic acids is 1. The molecule has 0 fully saturated rings.